The average molecular weight is 400 g/mol. The number of nitrogens with zero attached hydrogens (tertiary/aromatic N) is 4. The summed E-state index contributed by atoms with van der Waals surface area (Å²) in [5.74, 6) is 0. The van der Waals surface area contributed by atoms with Gasteiger partial charge in [-0.15, -0.1) is 5.10 Å². The third-order valence-corrected chi connectivity index (χ3v) is 7.00. The van der Waals surface area contributed by atoms with Crippen LogP contribution >= 0.6 is 0 Å². The Labute approximate surface area is 163 Å². The highest BCUT2D eigenvalue weighted by Crippen LogP contribution is 2.16. The van der Waals surface area contributed by atoms with Crippen LogP contribution in [0.25, 0.3) is 10.9 Å². The van der Waals surface area contributed by atoms with Gasteiger partial charge >= 0.3 is 0 Å². The van der Waals surface area contributed by atoms with Crippen molar-refractivity contribution in [2.75, 3.05) is 26.2 Å². The second-order valence-corrected chi connectivity index (χ2v) is 8.97. The van der Waals surface area contributed by atoms with Crippen LogP contribution in [0.3, 0.4) is 0 Å². The van der Waals surface area contributed by atoms with Crippen LogP contribution < -0.4 is 10.5 Å². The number of hydrogen-bond donors (Lipinski definition) is 1. The van der Waals surface area contributed by atoms with Crippen molar-refractivity contribution in [3.05, 3.63) is 64.4 Å². The lowest BCUT2D eigenvalue weighted by atomic mass is 10.2. The molecule has 146 valence electrons. The minimum atomic E-state index is -3.49. The number of rotatable bonds is 4. The van der Waals surface area contributed by atoms with E-state index in [1.807, 2.05) is 13.0 Å². The first kappa shape index (κ1) is 18.7. The van der Waals surface area contributed by atoms with E-state index < -0.39 is 10.0 Å². The third-order valence-electron chi connectivity index (χ3n) is 5.09. The van der Waals surface area contributed by atoms with Crippen LogP contribution in [0, 0.1) is 6.92 Å². The topological polar surface area (TPSA) is 89.6 Å². The van der Waals surface area contributed by atoms with Crippen LogP contribution in [0.1, 0.15) is 5.56 Å². The summed E-state index contributed by atoms with van der Waals surface area (Å²) in [7, 11) is -3.49. The highest BCUT2D eigenvalue weighted by Gasteiger charge is 2.30. The molecule has 1 aliphatic heterocycles. The molecule has 0 amide bonds. The summed E-state index contributed by atoms with van der Waals surface area (Å²) in [6.45, 7) is 4.31. The molecule has 0 atom stereocenters. The lowest BCUT2D eigenvalue weighted by molar-refractivity contribution is -0.927. The van der Waals surface area contributed by atoms with E-state index >= 15 is 0 Å². The first-order valence-corrected chi connectivity index (χ1v) is 10.6. The molecule has 0 radical (unpaired) electrons. The van der Waals surface area contributed by atoms with Crippen molar-refractivity contribution in [1.29, 1.82) is 0 Å². The zero-order chi connectivity index (χ0) is 19.7. The first-order chi connectivity index (χ1) is 13.4. The van der Waals surface area contributed by atoms with E-state index in [1.54, 1.807) is 42.5 Å². The Hall–Kier alpha value is -2.62. The molecule has 4 rings (SSSR count). The van der Waals surface area contributed by atoms with Gasteiger partial charge in [-0.25, -0.2) is 8.42 Å². The molecule has 2 aromatic carbocycles. The summed E-state index contributed by atoms with van der Waals surface area (Å²) < 4.78 is 28.5. The number of nitrogens with one attached hydrogen (secondary N) is 1. The molecule has 3 aromatic rings. The standard InChI is InChI=1S/C19H21N5O3S/c1-15-6-8-16(9-7-15)28(26,27)23-12-10-22(11-13-23)14-24-19(25)17-4-2-3-5-18(17)20-21-24/h2-9H,10-14H2,1H3/p+1. The van der Waals surface area contributed by atoms with E-state index in [9.17, 15) is 13.2 Å². The number of aryl methyl sites for hydroxylation is 1. The molecule has 1 aromatic heterocycles. The van der Waals surface area contributed by atoms with Gasteiger partial charge in [-0.05, 0) is 31.2 Å². The Morgan fingerprint density at radius 1 is 1.04 bits per heavy atom. The minimum absolute atomic E-state index is 0.173. The predicted octanol–water partition coefficient (Wildman–Crippen LogP) is -0.353. The largest absolute Gasteiger partial charge is 0.314 e. The highest BCUT2D eigenvalue weighted by molar-refractivity contribution is 7.89. The molecule has 1 fully saturated rings. The van der Waals surface area contributed by atoms with Gasteiger partial charge in [-0.2, -0.15) is 8.99 Å². The molecule has 8 nitrogen and oxygen atoms in total. The average Bonchev–Trinajstić information content (AvgIpc) is 2.71. The fourth-order valence-electron chi connectivity index (χ4n) is 3.40. The molecule has 1 N–H and O–H groups in total. The smallest absolute Gasteiger partial charge is 0.282 e. The second-order valence-electron chi connectivity index (χ2n) is 7.04. The number of fused-ring (bicyclic) bond motifs is 1. The molecule has 9 heteroatoms. The van der Waals surface area contributed by atoms with E-state index in [1.165, 1.54) is 8.99 Å². The number of hydrogen-bond acceptors (Lipinski definition) is 5. The van der Waals surface area contributed by atoms with Gasteiger partial charge in [-0.1, -0.05) is 35.0 Å². The number of quaternary nitrogens is 1. The van der Waals surface area contributed by atoms with Crippen LogP contribution in [0.15, 0.2) is 58.2 Å². The van der Waals surface area contributed by atoms with Crippen LogP contribution in [0.4, 0.5) is 0 Å². The zero-order valence-electron chi connectivity index (χ0n) is 15.6. The lowest BCUT2D eigenvalue weighted by Gasteiger charge is -2.31. The van der Waals surface area contributed by atoms with Gasteiger partial charge in [0.25, 0.3) is 5.56 Å². The van der Waals surface area contributed by atoms with Gasteiger partial charge in [0.1, 0.15) is 5.52 Å². The fraction of sp³-hybridized carbons (Fsp3) is 0.316. The molecule has 0 bridgehead atoms. The zero-order valence-corrected chi connectivity index (χ0v) is 16.4. The highest BCUT2D eigenvalue weighted by atomic mass is 32.2. The van der Waals surface area contributed by atoms with E-state index in [4.69, 9.17) is 0 Å². The van der Waals surface area contributed by atoms with Gasteiger partial charge < -0.3 is 4.90 Å². The van der Waals surface area contributed by atoms with Crippen molar-refractivity contribution in [3.63, 3.8) is 0 Å². The fourth-order valence-corrected chi connectivity index (χ4v) is 4.84. The molecule has 1 aliphatic rings. The van der Waals surface area contributed by atoms with Crippen LogP contribution in [0.5, 0.6) is 0 Å². The number of aromatic nitrogens is 3. The van der Waals surface area contributed by atoms with Crippen molar-refractivity contribution >= 4 is 20.9 Å². The quantitative estimate of drug-likeness (QED) is 0.647. The Kier molecular flexibility index (Phi) is 4.96. The molecule has 28 heavy (non-hydrogen) atoms. The molecule has 0 unspecified atom stereocenters. The number of sulfonamides is 1. The van der Waals surface area contributed by atoms with Crippen LogP contribution in [-0.2, 0) is 16.7 Å². The van der Waals surface area contributed by atoms with Crippen LogP contribution in [-0.4, -0.2) is 53.9 Å². The number of benzene rings is 2. The van der Waals surface area contributed by atoms with Crippen molar-refractivity contribution in [1.82, 2.24) is 19.3 Å². The molecule has 0 saturated carbocycles. The maximum Gasteiger partial charge on any atom is 0.282 e. The maximum absolute atomic E-state index is 12.8. The summed E-state index contributed by atoms with van der Waals surface area (Å²) in [5, 5.41) is 8.67. The Morgan fingerprint density at radius 2 is 1.71 bits per heavy atom. The molecule has 2 heterocycles. The summed E-state index contributed by atoms with van der Waals surface area (Å²) in [4.78, 5) is 14.0. The molecule has 0 aliphatic carbocycles. The maximum atomic E-state index is 12.8. The molecular formula is C19H22N5O3S+. The van der Waals surface area contributed by atoms with E-state index in [-0.39, 0.29) is 5.56 Å². The minimum Gasteiger partial charge on any atom is -0.314 e. The SMILES string of the molecule is Cc1ccc(S(=O)(=O)N2CC[NH+](Cn3nnc4ccccc4c3=O)CC2)cc1. The lowest BCUT2D eigenvalue weighted by Crippen LogP contribution is -3.14. The van der Waals surface area contributed by atoms with E-state index in [2.05, 4.69) is 10.3 Å². The Balaban J connectivity index is 1.45. The summed E-state index contributed by atoms with van der Waals surface area (Å²) in [6, 6.07) is 14.0. The van der Waals surface area contributed by atoms with Gasteiger partial charge in [0, 0.05) is 0 Å². The van der Waals surface area contributed by atoms with Crippen molar-refractivity contribution in [2.45, 2.75) is 18.5 Å². The van der Waals surface area contributed by atoms with E-state index in [0.717, 1.165) is 10.5 Å². The van der Waals surface area contributed by atoms with Crippen LogP contribution in [0.2, 0.25) is 0 Å². The summed E-state index contributed by atoms with van der Waals surface area (Å²) >= 11 is 0. The molecule has 1 saturated heterocycles. The second kappa shape index (κ2) is 7.42. The van der Waals surface area contributed by atoms with Crippen molar-refractivity contribution in [3.8, 4) is 0 Å². The Morgan fingerprint density at radius 3 is 2.43 bits per heavy atom. The number of piperazine rings is 1. The van der Waals surface area contributed by atoms with Gasteiger partial charge in [0.05, 0.1) is 36.5 Å². The Bertz CT molecular complexity index is 1150. The summed E-state index contributed by atoms with van der Waals surface area (Å²) in [6.07, 6.45) is 0. The normalized spacial score (nSPS) is 16.5. The summed E-state index contributed by atoms with van der Waals surface area (Å²) in [5.41, 5.74) is 1.43. The van der Waals surface area contributed by atoms with Gasteiger partial charge in [0.2, 0.25) is 10.0 Å². The first-order valence-electron chi connectivity index (χ1n) is 9.18. The molecule has 0 spiro atoms. The predicted molar refractivity (Wildman–Crippen MR) is 104 cm³/mol. The molecular weight excluding hydrogens is 378 g/mol. The third kappa shape index (κ3) is 3.56. The van der Waals surface area contributed by atoms with Gasteiger partial charge in [0.15, 0.2) is 6.67 Å². The van der Waals surface area contributed by atoms with Gasteiger partial charge in [-0.3, -0.25) is 4.79 Å². The van der Waals surface area contributed by atoms with E-state index in [0.29, 0.717) is 48.6 Å². The monoisotopic (exact) mass is 400 g/mol. The van der Waals surface area contributed by atoms with Crippen molar-refractivity contribution in [2.24, 2.45) is 0 Å². The van der Waals surface area contributed by atoms with Crippen molar-refractivity contribution < 1.29 is 13.3 Å².